The zero-order chi connectivity index (χ0) is 16.5. The average molecular weight is 303 g/mol. The normalized spacial score (nSPS) is 22.3. The molecule has 22 heavy (non-hydrogen) atoms. The molecule has 1 aromatic rings. The molecule has 2 atom stereocenters. The largest absolute Gasteiger partial charge is 0.356 e. The Bertz CT molecular complexity index is 579. The van der Waals surface area contributed by atoms with Crippen molar-refractivity contribution in [2.45, 2.75) is 54.5 Å². The summed E-state index contributed by atoms with van der Waals surface area (Å²) in [6, 6.07) is 2.08. The molecule has 0 saturated heterocycles. The first-order valence-corrected chi connectivity index (χ1v) is 8.17. The van der Waals surface area contributed by atoms with Gasteiger partial charge >= 0.3 is 0 Å². The van der Waals surface area contributed by atoms with Gasteiger partial charge in [-0.2, -0.15) is 5.10 Å². The summed E-state index contributed by atoms with van der Waals surface area (Å²) in [6.45, 7) is 14.2. The minimum absolute atomic E-state index is 0.0943. The highest BCUT2D eigenvalue weighted by Gasteiger charge is 2.60. The number of carbonyl (C=O) groups is 1. The summed E-state index contributed by atoms with van der Waals surface area (Å²) in [5, 5.41) is 7.53. The smallest absolute Gasteiger partial charge is 0.224 e. The van der Waals surface area contributed by atoms with Crippen LogP contribution >= 0.6 is 0 Å². The quantitative estimate of drug-likeness (QED) is 0.648. The third-order valence-electron chi connectivity index (χ3n) is 4.66. The highest BCUT2D eigenvalue weighted by Crippen LogP contribution is 2.59. The molecule has 4 nitrogen and oxygen atoms in total. The second-order valence-corrected chi connectivity index (χ2v) is 7.36. The van der Waals surface area contributed by atoms with Crippen LogP contribution in [0, 0.1) is 31.1 Å². The fraction of sp³-hybridized carbons (Fsp3) is 0.667. The van der Waals surface area contributed by atoms with Gasteiger partial charge in [-0.1, -0.05) is 25.5 Å². The Kier molecular flexibility index (Phi) is 4.78. The lowest BCUT2D eigenvalue weighted by Crippen LogP contribution is -2.28. The molecule has 1 aromatic heterocycles. The topological polar surface area (TPSA) is 46.9 Å². The minimum atomic E-state index is 0.0943. The van der Waals surface area contributed by atoms with E-state index in [9.17, 15) is 4.79 Å². The van der Waals surface area contributed by atoms with E-state index < -0.39 is 0 Å². The molecule has 122 valence electrons. The number of hydrogen-bond acceptors (Lipinski definition) is 2. The molecule has 1 saturated carbocycles. The van der Waals surface area contributed by atoms with E-state index in [0.29, 0.717) is 12.5 Å². The van der Waals surface area contributed by atoms with Gasteiger partial charge in [0, 0.05) is 18.8 Å². The van der Waals surface area contributed by atoms with Gasteiger partial charge in [-0.25, -0.2) is 0 Å². The SMILES string of the molecule is CC(C)=CC1C(C(=O)NCCCn2nc(C)cc2C)C1(C)C. The molecule has 0 bridgehead atoms. The number of carbonyl (C=O) groups excluding carboxylic acids is 1. The maximum Gasteiger partial charge on any atom is 0.224 e. The molecule has 0 spiro atoms. The van der Waals surface area contributed by atoms with Gasteiger partial charge < -0.3 is 5.32 Å². The number of aromatic nitrogens is 2. The van der Waals surface area contributed by atoms with Crippen molar-refractivity contribution < 1.29 is 4.79 Å². The lowest BCUT2D eigenvalue weighted by atomic mass is 10.1. The zero-order valence-corrected chi connectivity index (χ0v) is 14.7. The highest BCUT2D eigenvalue weighted by atomic mass is 16.2. The fourth-order valence-electron chi connectivity index (χ4n) is 3.30. The fourth-order valence-corrected chi connectivity index (χ4v) is 3.30. The first-order chi connectivity index (χ1) is 10.2. The van der Waals surface area contributed by atoms with Gasteiger partial charge in [-0.3, -0.25) is 9.48 Å². The van der Waals surface area contributed by atoms with E-state index in [1.165, 1.54) is 11.3 Å². The third-order valence-corrected chi connectivity index (χ3v) is 4.66. The molecule has 2 rings (SSSR count). The summed E-state index contributed by atoms with van der Waals surface area (Å²) in [5.41, 5.74) is 3.61. The Hall–Kier alpha value is -1.58. The Labute approximate surface area is 134 Å². The first-order valence-electron chi connectivity index (χ1n) is 8.17. The minimum Gasteiger partial charge on any atom is -0.356 e. The van der Waals surface area contributed by atoms with Crippen molar-refractivity contribution >= 4 is 5.91 Å². The molecule has 1 heterocycles. The maximum absolute atomic E-state index is 12.3. The van der Waals surface area contributed by atoms with E-state index in [-0.39, 0.29) is 17.2 Å². The van der Waals surface area contributed by atoms with Crippen molar-refractivity contribution in [1.29, 1.82) is 0 Å². The Morgan fingerprint density at radius 1 is 1.41 bits per heavy atom. The van der Waals surface area contributed by atoms with Gasteiger partial charge in [-0.05, 0) is 51.5 Å². The van der Waals surface area contributed by atoms with Crippen LogP contribution in [0.1, 0.15) is 45.5 Å². The third kappa shape index (κ3) is 3.60. The van der Waals surface area contributed by atoms with Crippen LogP contribution in [0.2, 0.25) is 0 Å². The summed E-state index contributed by atoms with van der Waals surface area (Å²) < 4.78 is 2.01. The number of rotatable bonds is 6. The van der Waals surface area contributed by atoms with Crippen molar-refractivity contribution in [3.05, 3.63) is 29.1 Å². The van der Waals surface area contributed by atoms with Crippen LogP contribution in [-0.4, -0.2) is 22.2 Å². The molecule has 1 aliphatic carbocycles. The van der Waals surface area contributed by atoms with Crippen LogP contribution in [0.15, 0.2) is 17.7 Å². The molecule has 1 fully saturated rings. The predicted molar refractivity (Wildman–Crippen MR) is 89.5 cm³/mol. The summed E-state index contributed by atoms with van der Waals surface area (Å²) >= 11 is 0. The van der Waals surface area contributed by atoms with Crippen LogP contribution in [-0.2, 0) is 11.3 Å². The summed E-state index contributed by atoms with van der Waals surface area (Å²) in [7, 11) is 0. The highest BCUT2D eigenvalue weighted by molar-refractivity contribution is 5.83. The molecule has 1 aliphatic rings. The van der Waals surface area contributed by atoms with E-state index in [1.54, 1.807) is 0 Å². The maximum atomic E-state index is 12.3. The van der Waals surface area contributed by atoms with E-state index in [1.807, 2.05) is 11.6 Å². The first kappa shape index (κ1) is 16.8. The molecule has 4 heteroatoms. The monoisotopic (exact) mass is 303 g/mol. The molecular weight excluding hydrogens is 274 g/mol. The van der Waals surface area contributed by atoms with E-state index in [4.69, 9.17) is 0 Å². The molecule has 0 aromatic carbocycles. The Morgan fingerprint density at radius 2 is 2.09 bits per heavy atom. The summed E-state index contributed by atoms with van der Waals surface area (Å²) in [6.07, 6.45) is 3.15. The second kappa shape index (κ2) is 6.27. The van der Waals surface area contributed by atoms with Crippen LogP contribution in [0.5, 0.6) is 0 Å². The average Bonchev–Trinajstić information content (AvgIpc) is 2.75. The van der Waals surface area contributed by atoms with Crippen LogP contribution in [0.4, 0.5) is 0 Å². The summed E-state index contributed by atoms with van der Waals surface area (Å²) in [4.78, 5) is 12.3. The van der Waals surface area contributed by atoms with Gasteiger partial charge in [-0.15, -0.1) is 0 Å². The molecule has 1 N–H and O–H groups in total. The number of hydrogen-bond donors (Lipinski definition) is 1. The standard InChI is InChI=1S/C18H29N3O/c1-12(2)10-15-16(18(15,5)6)17(22)19-8-7-9-21-14(4)11-13(3)20-21/h10-11,15-16H,7-9H2,1-6H3,(H,19,22). The number of nitrogens with zero attached hydrogens (tertiary/aromatic N) is 2. The molecule has 0 aliphatic heterocycles. The van der Waals surface area contributed by atoms with Gasteiger partial charge in [0.15, 0.2) is 0 Å². The number of amides is 1. The van der Waals surface area contributed by atoms with E-state index >= 15 is 0 Å². The lowest BCUT2D eigenvalue weighted by Gasteiger charge is -2.07. The number of aryl methyl sites for hydroxylation is 3. The van der Waals surface area contributed by atoms with E-state index in [0.717, 1.165) is 18.7 Å². The summed E-state index contributed by atoms with van der Waals surface area (Å²) in [5.74, 6) is 0.700. The van der Waals surface area contributed by atoms with Crippen LogP contribution < -0.4 is 5.32 Å². The molecule has 1 amide bonds. The Morgan fingerprint density at radius 3 is 2.64 bits per heavy atom. The number of nitrogens with one attached hydrogen (secondary N) is 1. The van der Waals surface area contributed by atoms with Crippen LogP contribution in [0.3, 0.4) is 0 Å². The van der Waals surface area contributed by atoms with Crippen LogP contribution in [0.25, 0.3) is 0 Å². The van der Waals surface area contributed by atoms with Gasteiger partial charge in [0.05, 0.1) is 11.6 Å². The molecule has 2 unspecified atom stereocenters. The second-order valence-electron chi connectivity index (χ2n) is 7.36. The van der Waals surface area contributed by atoms with Crippen molar-refractivity contribution in [3.63, 3.8) is 0 Å². The van der Waals surface area contributed by atoms with Gasteiger partial charge in [0.1, 0.15) is 0 Å². The Balaban J connectivity index is 1.77. The molecule has 0 radical (unpaired) electrons. The van der Waals surface area contributed by atoms with Crippen molar-refractivity contribution in [2.75, 3.05) is 6.54 Å². The van der Waals surface area contributed by atoms with E-state index in [2.05, 4.69) is 57.2 Å². The van der Waals surface area contributed by atoms with Gasteiger partial charge in [0.2, 0.25) is 5.91 Å². The molecular formula is C18H29N3O. The lowest BCUT2D eigenvalue weighted by molar-refractivity contribution is -0.123. The van der Waals surface area contributed by atoms with Gasteiger partial charge in [0.25, 0.3) is 0 Å². The number of allylic oxidation sites excluding steroid dienone is 2. The van der Waals surface area contributed by atoms with Crippen molar-refractivity contribution in [3.8, 4) is 0 Å². The predicted octanol–water partition coefficient (Wildman–Crippen LogP) is 3.24. The zero-order valence-electron chi connectivity index (χ0n) is 14.7. The van der Waals surface area contributed by atoms with Crippen molar-refractivity contribution in [2.24, 2.45) is 17.3 Å². The van der Waals surface area contributed by atoms with Crippen molar-refractivity contribution in [1.82, 2.24) is 15.1 Å².